The molecule has 0 aliphatic carbocycles. The van der Waals surface area contributed by atoms with E-state index in [1.165, 1.54) is 6.92 Å². The van der Waals surface area contributed by atoms with Gasteiger partial charge in [0.05, 0.1) is 17.7 Å². The summed E-state index contributed by atoms with van der Waals surface area (Å²) in [7, 11) is 0. The van der Waals surface area contributed by atoms with Crippen molar-refractivity contribution in [1.29, 1.82) is 0 Å². The minimum absolute atomic E-state index is 0.183. The number of carbonyl (C=O) groups excluding carboxylic acids is 2. The summed E-state index contributed by atoms with van der Waals surface area (Å²) in [4.78, 5) is 23.4. The van der Waals surface area contributed by atoms with Gasteiger partial charge in [0.1, 0.15) is 12.4 Å². The van der Waals surface area contributed by atoms with Gasteiger partial charge in [0, 0.05) is 16.2 Å². The molecule has 28 heavy (non-hydrogen) atoms. The normalized spacial score (nSPS) is 16.2. The average molecular weight is 416 g/mol. The zero-order valence-electron chi connectivity index (χ0n) is 14.8. The number of carboxylic acid groups (broad SMARTS) is 1. The molecule has 0 bridgehead atoms. The molecule has 6 nitrogen and oxygen atoms in total. The highest BCUT2D eigenvalue weighted by Crippen LogP contribution is 2.37. The first kappa shape index (κ1) is 19.9. The van der Waals surface area contributed by atoms with E-state index in [1.807, 2.05) is 30.3 Å². The predicted molar refractivity (Wildman–Crippen MR) is 108 cm³/mol. The summed E-state index contributed by atoms with van der Waals surface area (Å²) in [5.74, 6) is -1.28. The van der Waals surface area contributed by atoms with E-state index in [1.54, 1.807) is 18.2 Å². The molecule has 0 saturated heterocycles. The Bertz CT molecular complexity index is 975. The quantitative estimate of drug-likeness (QED) is 0.697. The number of thiocarbonyl (C=S) groups is 1. The molecule has 1 atom stereocenters. The SMILES string of the molecule is CC(=O)C1=C(c2ccccc2)NC(=S)N[C@H]1c1cc(Cl)ccc1OCC(=O)[O-]. The maximum atomic E-state index is 12.6. The Balaban J connectivity index is 2.17. The molecule has 3 rings (SSSR count). The van der Waals surface area contributed by atoms with Gasteiger partial charge in [0.2, 0.25) is 0 Å². The van der Waals surface area contributed by atoms with Crippen LogP contribution in [0.2, 0.25) is 5.02 Å². The number of benzene rings is 2. The van der Waals surface area contributed by atoms with Crippen molar-refractivity contribution in [3.05, 3.63) is 70.3 Å². The lowest BCUT2D eigenvalue weighted by atomic mass is 9.90. The number of aliphatic carboxylic acids is 1. The monoisotopic (exact) mass is 415 g/mol. The van der Waals surface area contributed by atoms with E-state index in [0.29, 0.717) is 27.0 Å². The van der Waals surface area contributed by atoms with Crippen LogP contribution in [0.4, 0.5) is 0 Å². The van der Waals surface area contributed by atoms with Gasteiger partial charge in [0.25, 0.3) is 0 Å². The van der Waals surface area contributed by atoms with Crippen LogP contribution in [0.5, 0.6) is 5.75 Å². The van der Waals surface area contributed by atoms with E-state index in [-0.39, 0.29) is 11.5 Å². The van der Waals surface area contributed by atoms with Crippen molar-refractivity contribution in [2.45, 2.75) is 13.0 Å². The van der Waals surface area contributed by atoms with Crippen molar-refractivity contribution >= 4 is 46.4 Å². The summed E-state index contributed by atoms with van der Waals surface area (Å²) < 4.78 is 5.35. The molecule has 0 aromatic heterocycles. The Hall–Kier alpha value is -2.90. The molecule has 1 aliphatic heterocycles. The Morgan fingerprint density at radius 1 is 1.21 bits per heavy atom. The van der Waals surface area contributed by atoms with E-state index in [2.05, 4.69) is 10.6 Å². The number of nitrogens with one attached hydrogen (secondary N) is 2. The summed E-state index contributed by atoms with van der Waals surface area (Å²) in [6.07, 6.45) is 0. The summed E-state index contributed by atoms with van der Waals surface area (Å²) >= 11 is 11.5. The van der Waals surface area contributed by atoms with Crippen molar-refractivity contribution in [1.82, 2.24) is 10.6 Å². The molecule has 0 saturated carbocycles. The Kier molecular flexibility index (Phi) is 5.96. The average Bonchev–Trinajstić information content (AvgIpc) is 2.66. The first-order valence-electron chi connectivity index (χ1n) is 8.37. The molecule has 0 unspecified atom stereocenters. The van der Waals surface area contributed by atoms with Crippen molar-refractivity contribution in [3.8, 4) is 5.75 Å². The van der Waals surface area contributed by atoms with Gasteiger partial charge in [-0.15, -0.1) is 0 Å². The van der Waals surface area contributed by atoms with E-state index in [0.717, 1.165) is 5.56 Å². The Morgan fingerprint density at radius 2 is 1.93 bits per heavy atom. The van der Waals surface area contributed by atoms with Crippen LogP contribution in [0, 0.1) is 0 Å². The lowest BCUT2D eigenvalue weighted by Gasteiger charge is -2.32. The van der Waals surface area contributed by atoms with Gasteiger partial charge >= 0.3 is 0 Å². The number of ether oxygens (including phenoxy) is 1. The molecular formula is C20H16ClN2O4S-. The number of ketones is 1. The maximum Gasteiger partial charge on any atom is 0.171 e. The van der Waals surface area contributed by atoms with E-state index in [9.17, 15) is 14.7 Å². The number of hydrogen-bond acceptors (Lipinski definition) is 5. The number of carbonyl (C=O) groups is 2. The summed E-state index contributed by atoms with van der Waals surface area (Å²) in [6.45, 7) is 0.823. The highest BCUT2D eigenvalue weighted by molar-refractivity contribution is 7.80. The van der Waals surface area contributed by atoms with Crippen LogP contribution in [-0.4, -0.2) is 23.5 Å². The molecule has 1 heterocycles. The summed E-state index contributed by atoms with van der Waals surface area (Å²) in [5.41, 5.74) is 2.30. The highest BCUT2D eigenvalue weighted by Gasteiger charge is 2.32. The molecule has 0 radical (unpaired) electrons. The van der Waals surface area contributed by atoms with E-state index in [4.69, 9.17) is 28.6 Å². The molecule has 1 aliphatic rings. The standard InChI is InChI=1S/C20H17ClN2O4S/c1-11(24)17-18(12-5-3-2-4-6-12)22-20(28)23-19(17)14-9-13(21)7-8-15(14)27-10-16(25)26/h2-9,19H,10H2,1H3,(H,25,26)(H2,22,23,28)/p-1/t19-/m0/s1. The molecule has 2 N–H and O–H groups in total. The van der Waals surface area contributed by atoms with Crippen molar-refractivity contribution < 1.29 is 19.4 Å². The van der Waals surface area contributed by atoms with Gasteiger partial charge in [-0.05, 0) is 42.9 Å². The second kappa shape index (κ2) is 8.41. The number of carboxylic acids is 1. The molecule has 2 aromatic carbocycles. The summed E-state index contributed by atoms with van der Waals surface area (Å²) in [6, 6.07) is 13.4. The smallest absolute Gasteiger partial charge is 0.171 e. The topological polar surface area (TPSA) is 90.5 Å². The van der Waals surface area contributed by atoms with Crippen LogP contribution in [0.25, 0.3) is 5.70 Å². The molecule has 8 heteroatoms. The largest absolute Gasteiger partial charge is 0.546 e. The number of hydrogen-bond donors (Lipinski definition) is 2. The first-order chi connectivity index (χ1) is 13.4. The minimum Gasteiger partial charge on any atom is -0.546 e. The molecular weight excluding hydrogens is 400 g/mol. The number of Topliss-reactive ketones (excluding diaryl/α,β-unsaturated/α-hetero) is 1. The van der Waals surface area contributed by atoms with E-state index >= 15 is 0 Å². The zero-order chi connectivity index (χ0) is 20.3. The van der Waals surface area contributed by atoms with Crippen LogP contribution in [0.15, 0.2) is 54.1 Å². The zero-order valence-corrected chi connectivity index (χ0v) is 16.4. The third-order valence-electron chi connectivity index (χ3n) is 4.14. The van der Waals surface area contributed by atoms with Crippen LogP contribution in [0.3, 0.4) is 0 Å². The van der Waals surface area contributed by atoms with Crippen LogP contribution in [0.1, 0.15) is 24.1 Å². The lowest BCUT2D eigenvalue weighted by molar-refractivity contribution is -0.307. The first-order valence-corrected chi connectivity index (χ1v) is 9.15. The van der Waals surface area contributed by atoms with Crippen molar-refractivity contribution in [2.75, 3.05) is 6.61 Å². The minimum atomic E-state index is -1.36. The lowest BCUT2D eigenvalue weighted by Crippen LogP contribution is -2.44. The number of rotatable bonds is 6. The van der Waals surface area contributed by atoms with Crippen molar-refractivity contribution in [3.63, 3.8) is 0 Å². The fourth-order valence-electron chi connectivity index (χ4n) is 3.02. The third kappa shape index (κ3) is 4.32. The fourth-order valence-corrected chi connectivity index (χ4v) is 3.42. The fraction of sp³-hybridized carbons (Fsp3) is 0.150. The summed E-state index contributed by atoms with van der Waals surface area (Å²) in [5, 5.41) is 17.7. The number of halogens is 1. The molecule has 144 valence electrons. The third-order valence-corrected chi connectivity index (χ3v) is 4.60. The molecule has 0 amide bonds. The second-order valence-electron chi connectivity index (χ2n) is 6.09. The highest BCUT2D eigenvalue weighted by atomic mass is 35.5. The van der Waals surface area contributed by atoms with Gasteiger partial charge in [0.15, 0.2) is 10.9 Å². The van der Waals surface area contributed by atoms with Gasteiger partial charge in [-0.1, -0.05) is 41.9 Å². The van der Waals surface area contributed by atoms with Gasteiger partial charge in [-0.3, -0.25) is 4.79 Å². The maximum absolute atomic E-state index is 12.6. The Labute approximate surface area is 172 Å². The van der Waals surface area contributed by atoms with Gasteiger partial charge < -0.3 is 25.3 Å². The Morgan fingerprint density at radius 3 is 2.57 bits per heavy atom. The molecule has 0 fully saturated rings. The molecule has 2 aromatic rings. The predicted octanol–water partition coefficient (Wildman–Crippen LogP) is 1.99. The van der Waals surface area contributed by atoms with Gasteiger partial charge in [-0.25, -0.2) is 0 Å². The van der Waals surface area contributed by atoms with Gasteiger partial charge in [-0.2, -0.15) is 0 Å². The van der Waals surface area contributed by atoms with Crippen LogP contribution < -0.4 is 20.5 Å². The molecule has 0 spiro atoms. The second-order valence-corrected chi connectivity index (χ2v) is 6.93. The van der Waals surface area contributed by atoms with E-state index < -0.39 is 18.6 Å². The van der Waals surface area contributed by atoms with Crippen LogP contribution in [-0.2, 0) is 9.59 Å². The van der Waals surface area contributed by atoms with Crippen LogP contribution >= 0.6 is 23.8 Å². The van der Waals surface area contributed by atoms with Crippen molar-refractivity contribution in [2.24, 2.45) is 0 Å².